The average Bonchev–Trinajstić information content (AvgIpc) is 2.60. The first-order valence-corrected chi connectivity index (χ1v) is 9.36. The standard InChI is InChI=1S/C20H27FN2O2/c1-3-12-22-18(24)13-23(17-10-4-14(2)5-11-17)20(25)19(22)15-6-8-16(21)9-7-15/h6-9,14,17,19H,3-5,10-13H2,1-2H3. The second-order valence-electron chi connectivity index (χ2n) is 7.42. The molecule has 0 radical (unpaired) electrons. The van der Waals surface area contributed by atoms with E-state index in [0.29, 0.717) is 18.0 Å². The van der Waals surface area contributed by atoms with Gasteiger partial charge in [0.05, 0.1) is 0 Å². The summed E-state index contributed by atoms with van der Waals surface area (Å²) in [7, 11) is 0. The lowest BCUT2D eigenvalue weighted by molar-refractivity contribution is -0.159. The molecule has 136 valence electrons. The minimum absolute atomic E-state index is 0.00519. The zero-order valence-corrected chi connectivity index (χ0v) is 15.1. The van der Waals surface area contributed by atoms with E-state index >= 15 is 0 Å². The van der Waals surface area contributed by atoms with Crippen molar-refractivity contribution in [3.8, 4) is 0 Å². The van der Waals surface area contributed by atoms with Gasteiger partial charge in [-0.2, -0.15) is 0 Å². The number of nitrogens with zero attached hydrogens (tertiary/aromatic N) is 2. The zero-order valence-electron chi connectivity index (χ0n) is 15.1. The first-order chi connectivity index (χ1) is 12.0. The molecule has 2 amide bonds. The number of amides is 2. The number of carbonyl (C=O) groups excluding carboxylic acids is 2. The summed E-state index contributed by atoms with van der Waals surface area (Å²) in [6.45, 7) is 4.95. The largest absolute Gasteiger partial charge is 0.328 e. The van der Waals surface area contributed by atoms with Crippen LogP contribution in [0.5, 0.6) is 0 Å². The Balaban J connectivity index is 1.88. The van der Waals surface area contributed by atoms with E-state index in [1.54, 1.807) is 21.9 Å². The maximum absolute atomic E-state index is 13.3. The molecule has 2 fully saturated rings. The van der Waals surface area contributed by atoms with Crippen LogP contribution in [0.25, 0.3) is 0 Å². The van der Waals surface area contributed by atoms with Crippen molar-refractivity contribution >= 4 is 11.8 Å². The molecule has 1 aliphatic carbocycles. The molecule has 5 heteroatoms. The number of hydrogen-bond donors (Lipinski definition) is 0. The van der Waals surface area contributed by atoms with Crippen molar-refractivity contribution in [1.29, 1.82) is 0 Å². The lowest BCUT2D eigenvalue weighted by Crippen LogP contribution is -2.58. The van der Waals surface area contributed by atoms with Gasteiger partial charge in [0, 0.05) is 12.6 Å². The smallest absolute Gasteiger partial charge is 0.250 e. The highest BCUT2D eigenvalue weighted by Crippen LogP contribution is 2.33. The molecule has 0 N–H and O–H groups in total. The van der Waals surface area contributed by atoms with Crippen LogP contribution in [0, 0.1) is 11.7 Å². The summed E-state index contributed by atoms with van der Waals surface area (Å²) in [6.07, 6.45) is 4.91. The van der Waals surface area contributed by atoms with Gasteiger partial charge in [-0.05, 0) is 55.7 Å². The van der Waals surface area contributed by atoms with Gasteiger partial charge in [-0.3, -0.25) is 9.59 Å². The molecular weight excluding hydrogens is 319 g/mol. The van der Waals surface area contributed by atoms with Crippen molar-refractivity contribution in [2.75, 3.05) is 13.1 Å². The van der Waals surface area contributed by atoms with Crippen LogP contribution in [0.2, 0.25) is 0 Å². The summed E-state index contributed by atoms with van der Waals surface area (Å²) in [5, 5.41) is 0. The Kier molecular flexibility index (Phi) is 5.40. The highest BCUT2D eigenvalue weighted by atomic mass is 19.1. The molecule has 1 aromatic rings. The van der Waals surface area contributed by atoms with Crippen molar-refractivity contribution < 1.29 is 14.0 Å². The van der Waals surface area contributed by atoms with Crippen LogP contribution in [-0.2, 0) is 9.59 Å². The van der Waals surface area contributed by atoms with E-state index in [0.717, 1.165) is 32.1 Å². The summed E-state index contributed by atoms with van der Waals surface area (Å²) in [6, 6.07) is 5.50. The van der Waals surface area contributed by atoms with Crippen LogP contribution in [0.1, 0.15) is 57.6 Å². The molecule has 2 aliphatic rings. The molecule has 1 saturated heterocycles. The van der Waals surface area contributed by atoms with Crippen LogP contribution >= 0.6 is 0 Å². The lowest BCUT2D eigenvalue weighted by Gasteiger charge is -2.45. The Labute approximate surface area is 149 Å². The normalized spacial score (nSPS) is 27.7. The van der Waals surface area contributed by atoms with E-state index in [4.69, 9.17) is 0 Å². The molecule has 1 heterocycles. The maximum atomic E-state index is 13.3. The van der Waals surface area contributed by atoms with Crippen molar-refractivity contribution in [1.82, 2.24) is 9.80 Å². The average molecular weight is 346 g/mol. The van der Waals surface area contributed by atoms with Gasteiger partial charge in [-0.1, -0.05) is 26.0 Å². The summed E-state index contributed by atoms with van der Waals surface area (Å²) < 4.78 is 13.3. The first-order valence-electron chi connectivity index (χ1n) is 9.36. The van der Waals surface area contributed by atoms with Gasteiger partial charge in [0.15, 0.2) is 0 Å². The molecule has 0 spiro atoms. The van der Waals surface area contributed by atoms with E-state index in [2.05, 4.69) is 6.92 Å². The monoisotopic (exact) mass is 346 g/mol. The number of halogens is 1. The molecule has 1 saturated carbocycles. The number of piperazine rings is 1. The Bertz CT molecular complexity index is 623. The van der Waals surface area contributed by atoms with Crippen molar-refractivity contribution in [2.24, 2.45) is 5.92 Å². The summed E-state index contributed by atoms with van der Waals surface area (Å²) in [5.74, 6) is 0.337. The van der Waals surface area contributed by atoms with Crippen molar-refractivity contribution in [3.05, 3.63) is 35.6 Å². The van der Waals surface area contributed by atoms with E-state index in [1.807, 2.05) is 6.92 Å². The Morgan fingerprint density at radius 3 is 2.32 bits per heavy atom. The van der Waals surface area contributed by atoms with E-state index in [9.17, 15) is 14.0 Å². The third-order valence-electron chi connectivity index (χ3n) is 5.53. The van der Waals surface area contributed by atoms with Gasteiger partial charge in [-0.15, -0.1) is 0 Å². The molecule has 1 aromatic carbocycles. The predicted octanol–water partition coefficient (Wildman–Crippen LogP) is 3.53. The van der Waals surface area contributed by atoms with E-state index in [-0.39, 0.29) is 30.2 Å². The molecule has 1 aliphatic heterocycles. The Morgan fingerprint density at radius 2 is 1.72 bits per heavy atom. The van der Waals surface area contributed by atoms with Crippen molar-refractivity contribution in [2.45, 2.75) is 58.0 Å². The fraction of sp³-hybridized carbons (Fsp3) is 0.600. The molecule has 0 aromatic heterocycles. The molecule has 4 nitrogen and oxygen atoms in total. The Hall–Kier alpha value is -1.91. The van der Waals surface area contributed by atoms with Gasteiger partial charge in [-0.25, -0.2) is 4.39 Å². The third-order valence-corrected chi connectivity index (χ3v) is 5.53. The van der Waals surface area contributed by atoms with Gasteiger partial charge in [0.25, 0.3) is 5.91 Å². The molecular formula is C20H27FN2O2. The summed E-state index contributed by atoms with van der Waals surface area (Å²) in [5.41, 5.74) is 0.696. The second-order valence-corrected chi connectivity index (χ2v) is 7.42. The minimum atomic E-state index is -0.624. The van der Waals surface area contributed by atoms with Crippen LogP contribution in [0.4, 0.5) is 4.39 Å². The van der Waals surface area contributed by atoms with Crippen LogP contribution in [0.3, 0.4) is 0 Å². The van der Waals surface area contributed by atoms with Crippen LogP contribution in [-0.4, -0.2) is 40.7 Å². The number of benzene rings is 1. The quantitative estimate of drug-likeness (QED) is 0.837. The van der Waals surface area contributed by atoms with Gasteiger partial charge in [0.2, 0.25) is 5.91 Å². The summed E-state index contributed by atoms with van der Waals surface area (Å²) >= 11 is 0. The fourth-order valence-electron chi connectivity index (χ4n) is 4.07. The van der Waals surface area contributed by atoms with Crippen molar-refractivity contribution in [3.63, 3.8) is 0 Å². The molecule has 3 rings (SSSR count). The van der Waals surface area contributed by atoms with Gasteiger partial charge < -0.3 is 9.80 Å². The van der Waals surface area contributed by atoms with Crippen LogP contribution in [0.15, 0.2) is 24.3 Å². The lowest BCUT2D eigenvalue weighted by atomic mass is 9.85. The van der Waals surface area contributed by atoms with Crippen LogP contribution < -0.4 is 0 Å². The zero-order chi connectivity index (χ0) is 18.0. The predicted molar refractivity (Wildman–Crippen MR) is 94.3 cm³/mol. The Morgan fingerprint density at radius 1 is 1.08 bits per heavy atom. The number of hydrogen-bond acceptors (Lipinski definition) is 2. The highest BCUT2D eigenvalue weighted by Gasteiger charge is 2.42. The third kappa shape index (κ3) is 3.70. The summed E-state index contributed by atoms with van der Waals surface area (Å²) in [4.78, 5) is 29.5. The van der Waals surface area contributed by atoms with E-state index in [1.165, 1.54) is 12.1 Å². The number of carbonyl (C=O) groups is 2. The second kappa shape index (κ2) is 7.54. The maximum Gasteiger partial charge on any atom is 0.250 e. The van der Waals surface area contributed by atoms with Gasteiger partial charge in [0.1, 0.15) is 18.4 Å². The molecule has 25 heavy (non-hydrogen) atoms. The first kappa shape index (κ1) is 17.9. The molecule has 1 atom stereocenters. The molecule has 1 unspecified atom stereocenters. The minimum Gasteiger partial charge on any atom is -0.328 e. The highest BCUT2D eigenvalue weighted by molar-refractivity contribution is 5.95. The topological polar surface area (TPSA) is 40.6 Å². The molecule has 0 bridgehead atoms. The SMILES string of the molecule is CCCN1C(=O)CN(C2CCC(C)CC2)C(=O)C1c1ccc(F)cc1. The van der Waals surface area contributed by atoms with E-state index < -0.39 is 6.04 Å². The number of rotatable bonds is 4. The fourth-order valence-corrected chi connectivity index (χ4v) is 4.07. The van der Waals surface area contributed by atoms with Gasteiger partial charge >= 0.3 is 0 Å².